The van der Waals surface area contributed by atoms with Crippen molar-refractivity contribution in [1.29, 1.82) is 0 Å². The molecule has 116 valence electrons. The summed E-state index contributed by atoms with van der Waals surface area (Å²) in [5.74, 6) is -0.823. The molecule has 21 heavy (non-hydrogen) atoms. The van der Waals surface area contributed by atoms with Crippen LogP contribution in [0.3, 0.4) is 0 Å². The molecule has 0 amide bonds. The molecule has 0 aliphatic heterocycles. The van der Waals surface area contributed by atoms with Gasteiger partial charge < -0.3 is 10.0 Å². The molecule has 0 radical (unpaired) electrons. The quantitative estimate of drug-likeness (QED) is 0.555. The predicted octanol–water partition coefficient (Wildman–Crippen LogP) is 3.09. The Labute approximate surface area is 123 Å². The first-order valence-electron chi connectivity index (χ1n) is 7.13. The molecule has 0 aliphatic carbocycles. The van der Waals surface area contributed by atoms with Crippen molar-refractivity contribution in [2.45, 2.75) is 39.5 Å². The number of unbranched alkanes of at least 4 members (excludes halogenated alkanes) is 2. The van der Waals surface area contributed by atoms with Crippen LogP contribution in [-0.2, 0) is 0 Å². The van der Waals surface area contributed by atoms with E-state index in [9.17, 15) is 14.9 Å². The normalized spacial score (nSPS) is 10.4. The fourth-order valence-electron chi connectivity index (χ4n) is 1.97. The van der Waals surface area contributed by atoms with Crippen molar-refractivity contribution in [1.82, 2.24) is 4.98 Å². The van der Waals surface area contributed by atoms with Gasteiger partial charge in [-0.25, -0.2) is 9.78 Å². The number of carbonyl (C=O) groups is 1. The second-order valence-electron chi connectivity index (χ2n) is 4.82. The molecule has 0 saturated carbocycles. The van der Waals surface area contributed by atoms with Gasteiger partial charge in [-0.3, -0.25) is 10.1 Å². The Hall–Kier alpha value is -2.18. The van der Waals surface area contributed by atoms with Crippen LogP contribution in [0, 0.1) is 10.1 Å². The van der Waals surface area contributed by atoms with Crippen LogP contribution in [0.1, 0.15) is 49.9 Å². The molecule has 1 rings (SSSR count). The van der Waals surface area contributed by atoms with E-state index in [1.54, 1.807) is 0 Å². The summed E-state index contributed by atoms with van der Waals surface area (Å²) >= 11 is 0. The van der Waals surface area contributed by atoms with Crippen LogP contribution in [0.25, 0.3) is 0 Å². The molecular formula is C14H21N3O4. The maximum absolute atomic E-state index is 11.2. The van der Waals surface area contributed by atoms with Crippen LogP contribution in [0.4, 0.5) is 11.5 Å². The first-order valence-corrected chi connectivity index (χ1v) is 7.13. The van der Waals surface area contributed by atoms with Crippen molar-refractivity contribution in [2.75, 3.05) is 18.0 Å². The highest BCUT2D eigenvalue weighted by atomic mass is 16.6. The van der Waals surface area contributed by atoms with Crippen molar-refractivity contribution >= 4 is 17.5 Å². The molecule has 0 unspecified atom stereocenters. The van der Waals surface area contributed by atoms with Crippen LogP contribution in [0.15, 0.2) is 12.3 Å². The smallest absolute Gasteiger partial charge is 0.342 e. The van der Waals surface area contributed by atoms with E-state index in [4.69, 9.17) is 5.11 Å². The maximum atomic E-state index is 11.2. The number of carboxylic acid groups (broad SMARTS) is 1. The standard InChI is InChI=1S/C14H21N3O4/c1-3-5-7-16(8-6-4-2)13-9-11(14(18)19)12(10-15-13)17(20)21/h9-10H,3-8H2,1-2H3,(H,18,19). The lowest BCUT2D eigenvalue weighted by Gasteiger charge is -2.23. The van der Waals surface area contributed by atoms with Gasteiger partial charge in [0, 0.05) is 19.2 Å². The summed E-state index contributed by atoms with van der Waals surface area (Å²) in [4.78, 5) is 27.4. The van der Waals surface area contributed by atoms with Crippen molar-refractivity contribution in [3.05, 3.63) is 27.9 Å². The molecule has 1 aromatic heterocycles. The number of carboxylic acids is 1. The fourth-order valence-corrected chi connectivity index (χ4v) is 1.97. The number of anilines is 1. The molecule has 7 heteroatoms. The Bertz CT molecular complexity index is 497. The lowest BCUT2D eigenvalue weighted by atomic mass is 10.2. The van der Waals surface area contributed by atoms with E-state index in [1.165, 1.54) is 6.07 Å². The van der Waals surface area contributed by atoms with Crippen LogP contribution < -0.4 is 4.90 Å². The molecule has 0 saturated heterocycles. The minimum Gasteiger partial charge on any atom is -0.477 e. The molecule has 1 aromatic rings. The zero-order chi connectivity index (χ0) is 15.8. The third-order valence-corrected chi connectivity index (χ3v) is 3.18. The van der Waals surface area contributed by atoms with Gasteiger partial charge in [-0.15, -0.1) is 0 Å². The molecule has 1 heterocycles. The highest BCUT2D eigenvalue weighted by molar-refractivity contribution is 5.93. The monoisotopic (exact) mass is 295 g/mol. The van der Waals surface area contributed by atoms with Crippen molar-refractivity contribution < 1.29 is 14.8 Å². The summed E-state index contributed by atoms with van der Waals surface area (Å²) in [5.41, 5.74) is -0.792. The van der Waals surface area contributed by atoms with Crippen molar-refractivity contribution in [3.63, 3.8) is 0 Å². The topological polar surface area (TPSA) is 96.6 Å². The summed E-state index contributed by atoms with van der Waals surface area (Å²) in [5, 5.41) is 20.0. The molecule has 0 atom stereocenters. The fraction of sp³-hybridized carbons (Fsp3) is 0.571. The van der Waals surface area contributed by atoms with E-state index < -0.39 is 16.6 Å². The van der Waals surface area contributed by atoms with Crippen LogP contribution in [0.2, 0.25) is 0 Å². The first-order chi connectivity index (χ1) is 10.0. The van der Waals surface area contributed by atoms with Gasteiger partial charge in [-0.2, -0.15) is 0 Å². The zero-order valence-corrected chi connectivity index (χ0v) is 12.4. The SMILES string of the molecule is CCCCN(CCCC)c1cc(C(=O)O)c([N+](=O)[O-])cn1. The summed E-state index contributed by atoms with van der Waals surface area (Å²) in [6.45, 7) is 5.68. The lowest BCUT2D eigenvalue weighted by molar-refractivity contribution is -0.385. The Balaban J connectivity index is 3.10. The van der Waals surface area contributed by atoms with Gasteiger partial charge in [-0.05, 0) is 12.8 Å². The van der Waals surface area contributed by atoms with Gasteiger partial charge in [0.1, 0.15) is 17.6 Å². The largest absolute Gasteiger partial charge is 0.477 e. The molecule has 0 aliphatic rings. The lowest BCUT2D eigenvalue weighted by Crippen LogP contribution is -2.27. The van der Waals surface area contributed by atoms with E-state index in [2.05, 4.69) is 18.8 Å². The van der Waals surface area contributed by atoms with Crippen molar-refractivity contribution in [2.24, 2.45) is 0 Å². The Morgan fingerprint density at radius 2 is 1.90 bits per heavy atom. The van der Waals surface area contributed by atoms with Crippen LogP contribution in [0.5, 0.6) is 0 Å². The minimum absolute atomic E-state index is 0.317. The van der Waals surface area contributed by atoms with Crippen LogP contribution >= 0.6 is 0 Å². The second-order valence-corrected chi connectivity index (χ2v) is 4.82. The number of pyridine rings is 1. The number of nitrogens with zero attached hydrogens (tertiary/aromatic N) is 3. The molecule has 0 fully saturated rings. The molecule has 0 bridgehead atoms. The average molecular weight is 295 g/mol. The summed E-state index contributed by atoms with van der Waals surface area (Å²) in [6.07, 6.45) is 4.99. The molecule has 0 spiro atoms. The Morgan fingerprint density at radius 1 is 1.33 bits per heavy atom. The predicted molar refractivity (Wildman–Crippen MR) is 79.9 cm³/mol. The second kappa shape index (κ2) is 8.18. The van der Waals surface area contributed by atoms with Crippen molar-refractivity contribution in [3.8, 4) is 0 Å². The number of aromatic carboxylic acids is 1. The molecule has 7 nitrogen and oxygen atoms in total. The summed E-state index contributed by atoms with van der Waals surface area (Å²) in [6, 6.07) is 1.30. The number of nitro groups is 1. The highest BCUT2D eigenvalue weighted by Gasteiger charge is 2.22. The maximum Gasteiger partial charge on any atom is 0.342 e. The third kappa shape index (κ3) is 4.70. The number of aromatic nitrogens is 1. The van der Waals surface area contributed by atoms with Gasteiger partial charge in [0.2, 0.25) is 0 Å². The van der Waals surface area contributed by atoms with E-state index in [-0.39, 0.29) is 5.56 Å². The van der Waals surface area contributed by atoms with E-state index in [0.717, 1.165) is 45.0 Å². The molecule has 1 N–H and O–H groups in total. The van der Waals surface area contributed by atoms with Gasteiger partial charge >= 0.3 is 11.7 Å². The number of hydrogen-bond donors (Lipinski definition) is 1. The highest BCUT2D eigenvalue weighted by Crippen LogP contribution is 2.23. The Kier molecular flexibility index (Phi) is 6.58. The van der Waals surface area contributed by atoms with Gasteiger partial charge in [0.25, 0.3) is 0 Å². The number of rotatable bonds is 9. The molecule has 0 aromatic carbocycles. The van der Waals surface area contributed by atoms with E-state index in [1.807, 2.05) is 4.90 Å². The molecular weight excluding hydrogens is 274 g/mol. The van der Waals surface area contributed by atoms with E-state index >= 15 is 0 Å². The summed E-state index contributed by atoms with van der Waals surface area (Å²) < 4.78 is 0. The minimum atomic E-state index is -1.31. The number of hydrogen-bond acceptors (Lipinski definition) is 5. The third-order valence-electron chi connectivity index (χ3n) is 3.18. The van der Waals surface area contributed by atoms with Gasteiger partial charge in [-0.1, -0.05) is 26.7 Å². The first kappa shape index (κ1) is 16.9. The van der Waals surface area contributed by atoms with E-state index in [0.29, 0.717) is 5.82 Å². The van der Waals surface area contributed by atoms with Gasteiger partial charge in [0.05, 0.1) is 4.92 Å². The van der Waals surface area contributed by atoms with Crippen LogP contribution in [-0.4, -0.2) is 34.1 Å². The Morgan fingerprint density at radius 3 is 2.33 bits per heavy atom. The zero-order valence-electron chi connectivity index (χ0n) is 12.4. The average Bonchev–Trinajstić information content (AvgIpc) is 2.46. The summed E-state index contributed by atoms with van der Waals surface area (Å²) in [7, 11) is 0. The van der Waals surface area contributed by atoms with Gasteiger partial charge in [0.15, 0.2) is 0 Å².